The van der Waals surface area contributed by atoms with Gasteiger partial charge in [-0.25, -0.2) is 0 Å². The van der Waals surface area contributed by atoms with Gasteiger partial charge in [-0.15, -0.1) is 0 Å². The molecule has 0 unspecified atom stereocenters. The standard InChI is InChI=1S/C16H17ClN2O2/c1-10-6-7-14(18)11(2)16(10)19-15(20)9-21-13-5-3-4-12(17)8-13/h3-8H,9,18H2,1-2H3,(H,19,20). The molecular weight excluding hydrogens is 288 g/mol. The van der Waals surface area contributed by atoms with Crippen LogP contribution in [0, 0.1) is 13.8 Å². The van der Waals surface area contributed by atoms with Gasteiger partial charge in [0, 0.05) is 16.4 Å². The third-order valence-corrected chi connectivity index (χ3v) is 3.38. The fourth-order valence-corrected chi connectivity index (χ4v) is 2.12. The van der Waals surface area contributed by atoms with Crippen molar-refractivity contribution in [1.82, 2.24) is 0 Å². The van der Waals surface area contributed by atoms with Crippen LogP contribution in [0.2, 0.25) is 5.02 Å². The van der Waals surface area contributed by atoms with E-state index in [1.54, 1.807) is 24.3 Å². The molecule has 2 aromatic rings. The van der Waals surface area contributed by atoms with Gasteiger partial charge in [0.2, 0.25) is 0 Å². The summed E-state index contributed by atoms with van der Waals surface area (Å²) in [6.45, 7) is 3.70. The van der Waals surface area contributed by atoms with E-state index < -0.39 is 0 Å². The van der Waals surface area contributed by atoms with E-state index in [0.717, 1.165) is 16.8 Å². The van der Waals surface area contributed by atoms with E-state index in [9.17, 15) is 4.79 Å². The smallest absolute Gasteiger partial charge is 0.262 e. The van der Waals surface area contributed by atoms with Crippen LogP contribution in [0.15, 0.2) is 36.4 Å². The molecule has 21 heavy (non-hydrogen) atoms. The number of nitrogens with two attached hydrogens (primary N) is 1. The number of carbonyl (C=O) groups excluding carboxylic acids is 1. The van der Waals surface area contributed by atoms with Gasteiger partial charge in [0.25, 0.3) is 5.91 Å². The average molecular weight is 305 g/mol. The summed E-state index contributed by atoms with van der Waals surface area (Å²) in [5.74, 6) is 0.311. The van der Waals surface area contributed by atoms with Gasteiger partial charge >= 0.3 is 0 Å². The highest BCUT2D eigenvalue weighted by molar-refractivity contribution is 6.30. The van der Waals surface area contributed by atoms with Gasteiger partial charge < -0.3 is 15.8 Å². The molecule has 0 aromatic heterocycles. The van der Waals surface area contributed by atoms with Crippen molar-refractivity contribution in [2.75, 3.05) is 17.7 Å². The molecule has 0 saturated carbocycles. The molecule has 5 heteroatoms. The number of anilines is 2. The number of amides is 1. The lowest BCUT2D eigenvalue weighted by molar-refractivity contribution is -0.118. The average Bonchev–Trinajstić information content (AvgIpc) is 2.46. The van der Waals surface area contributed by atoms with Crippen LogP contribution in [-0.2, 0) is 4.79 Å². The summed E-state index contributed by atoms with van der Waals surface area (Å²) in [4.78, 5) is 12.0. The van der Waals surface area contributed by atoms with Gasteiger partial charge in [0.05, 0.1) is 0 Å². The van der Waals surface area contributed by atoms with Crippen molar-refractivity contribution in [2.45, 2.75) is 13.8 Å². The van der Waals surface area contributed by atoms with Crippen LogP contribution in [0.25, 0.3) is 0 Å². The summed E-state index contributed by atoms with van der Waals surface area (Å²) in [5, 5.41) is 3.39. The predicted octanol–water partition coefficient (Wildman–Crippen LogP) is 3.56. The summed E-state index contributed by atoms with van der Waals surface area (Å²) in [6, 6.07) is 10.6. The third kappa shape index (κ3) is 3.89. The Morgan fingerprint density at radius 3 is 2.76 bits per heavy atom. The first kappa shape index (κ1) is 15.2. The lowest BCUT2D eigenvalue weighted by Gasteiger charge is -2.14. The molecule has 0 fully saturated rings. The second-order valence-corrected chi connectivity index (χ2v) is 5.20. The Balaban J connectivity index is 2.01. The number of nitrogen functional groups attached to an aromatic ring is 1. The molecule has 0 heterocycles. The zero-order valence-corrected chi connectivity index (χ0v) is 12.7. The summed E-state index contributed by atoms with van der Waals surface area (Å²) < 4.78 is 5.40. The van der Waals surface area contributed by atoms with Crippen LogP contribution in [0.1, 0.15) is 11.1 Å². The van der Waals surface area contributed by atoms with Gasteiger partial charge in [-0.3, -0.25) is 4.79 Å². The van der Waals surface area contributed by atoms with Gasteiger partial charge in [-0.05, 0) is 49.2 Å². The van der Waals surface area contributed by atoms with Crippen molar-refractivity contribution in [1.29, 1.82) is 0 Å². The first-order valence-corrected chi connectivity index (χ1v) is 6.89. The van der Waals surface area contributed by atoms with E-state index in [4.69, 9.17) is 22.1 Å². The van der Waals surface area contributed by atoms with E-state index in [1.165, 1.54) is 0 Å². The Morgan fingerprint density at radius 1 is 1.29 bits per heavy atom. The van der Waals surface area contributed by atoms with Gasteiger partial charge in [-0.1, -0.05) is 23.7 Å². The molecule has 0 atom stereocenters. The minimum absolute atomic E-state index is 0.0893. The molecule has 4 nitrogen and oxygen atoms in total. The van der Waals surface area contributed by atoms with Crippen molar-refractivity contribution in [3.63, 3.8) is 0 Å². The monoisotopic (exact) mass is 304 g/mol. The highest BCUT2D eigenvalue weighted by atomic mass is 35.5. The van der Waals surface area contributed by atoms with Crippen LogP contribution >= 0.6 is 11.6 Å². The summed E-state index contributed by atoms with van der Waals surface area (Å²) in [6.07, 6.45) is 0. The highest BCUT2D eigenvalue weighted by Gasteiger charge is 2.10. The maximum Gasteiger partial charge on any atom is 0.262 e. The first-order valence-electron chi connectivity index (χ1n) is 6.51. The number of hydrogen-bond acceptors (Lipinski definition) is 3. The molecular formula is C16H17ClN2O2. The molecule has 0 aliphatic rings. The van der Waals surface area contributed by atoms with E-state index in [2.05, 4.69) is 5.32 Å². The molecule has 2 rings (SSSR count). The lowest BCUT2D eigenvalue weighted by atomic mass is 10.1. The first-order chi connectivity index (χ1) is 9.97. The Kier molecular flexibility index (Phi) is 4.70. The van der Waals surface area contributed by atoms with E-state index in [-0.39, 0.29) is 12.5 Å². The predicted molar refractivity (Wildman–Crippen MR) is 85.9 cm³/mol. The zero-order chi connectivity index (χ0) is 15.4. The number of hydrogen-bond donors (Lipinski definition) is 2. The number of ether oxygens (including phenoxy) is 1. The highest BCUT2D eigenvalue weighted by Crippen LogP contribution is 2.25. The van der Waals surface area contributed by atoms with Crippen LogP contribution in [0.3, 0.4) is 0 Å². The molecule has 110 valence electrons. The number of nitrogens with one attached hydrogen (secondary N) is 1. The Morgan fingerprint density at radius 2 is 2.05 bits per heavy atom. The molecule has 0 spiro atoms. The summed E-state index contributed by atoms with van der Waals surface area (Å²) in [7, 11) is 0. The maximum absolute atomic E-state index is 12.0. The second kappa shape index (κ2) is 6.50. The van der Waals surface area contributed by atoms with Crippen molar-refractivity contribution in [3.8, 4) is 5.75 Å². The molecule has 3 N–H and O–H groups in total. The van der Waals surface area contributed by atoms with E-state index in [1.807, 2.05) is 26.0 Å². The Labute approximate surface area is 128 Å². The van der Waals surface area contributed by atoms with Crippen molar-refractivity contribution >= 4 is 28.9 Å². The largest absolute Gasteiger partial charge is 0.484 e. The SMILES string of the molecule is Cc1ccc(N)c(C)c1NC(=O)COc1cccc(Cl)c1. The topological polar surface area (TPSA) is 64.3 Å². The van der Waals surface area contributed by atoms with E-state index >= 15 is 0 Å². The zero-order valence-electron chi connectivity index (χ0n) is 11.9. The molecule has 2 aromatic carbocycles. The Bertz CT molecular complexity index is 671. The van der Waals surface area contributed by atoms with Crippen LogP contribution in [0.5, 0.6) is 5.75 Å². The summed E-state index contributed by atoms with van der Waals surface area (Å²) >= 11 is 5.85. The van der Waals surface area contributed by atoms with Crippen LogP contribution < -0.4 is 15.8 Å². The minimum atomic E-state index is -0.244. The van der Waals surface area contributed by atoms with Crippen LogP contribution in [0.4, 0.5) is 11.4 Å². The number of rotatable bonds is 4. The fourth-order valence-electron chi connectivity index (χ4n) is 1.94. The maximum atomic E-state index is 12.0. The summed E-state index contributed by atoms with van der Waals surface area (Å²) in [5.41, 5.74) is 9.04. The number of carbonyl (C=O) groups is 1. The Hall–Kier alpha value is -2.20. The number of benzene rings is 2. The van der Waals surface area contributed by atoms with Crippen molar-refractivity contribution in [3.05, 3.63) is 52.5 Å². The van der Waals surface area contributed by atoms with Gasteiger partial charge in [0.15, 0.2) is 6.61 Å². The van der Waals surface area contributed by atoms with Gasteiger partial charge in [-0.2, -0.15) is 0 Å². The molecule has 0 aliphatic carbocycles. The van der Waals surface area contributed by atoms with Crippen molar-refractivity contribution in [2.24, 2.45) is 0 Å². The molecule has 0 radical (unpaired) electrons. The third-order valence-electron chi connectivity index (χ3n) is 3.15. The van der Waals surface area contributed by atoms with Gasteiger partial charge in [0.1, 0.15) is 5.75 Å². The fraction of sp³-hybridized carbons (Fsp3) is 0.188. The lowest BCUT2D eigenvalue weighted by Crippen LogP contribution is -2.21. The number of halogens is 1. The number of aryl methyl sites for hydroxylation is 1. The molecule has 0 bridgehead atoms. The minimum Gasteiger partial charge on any atom is -0.484 e. The normalized spacial score (nSPS) is 10.2. The molecule has 0 saturated heterocycles. The van der Waals surface area contributed by atoms with Crippen LogP contribution in [-0.4, -0.2) is 12.5 Å². The van der Waals surface area contributed by atoms with Crippen molar-refractivity contribution < 1.29 is 9.53 Å². The molecule has 1 amide bonds. The van der Waals surface area contributed by atoms with E-state index in [0.29, 0.717) is 16.5 Å². The quantitative estimate of drug-likeness (QED) is 0.849. The molecule has 0 aliphatic heterocycles. The second-order valence-electron chi connectivity index (χ2n) is 4.77.